The molecule has 26 heavy (non-hydrogen) atoms. The van der Waals surface area contributed by atoms with Crippen LogP contribution in [0.2, 0.25) is 0 Å². The lowest BCUT2D eigenvalue weighted by molar-refractivity contribution is -0.115. The maximum Gasteiger partial charge on any atom is 0.264 e. The molecule has 0 saturated carbocycles. The van der Waals surface area contributed by atoms with E-state index in [0.717, 1.165) is 14.8 Å². The lowest BCUT2D eigenvalue weighted by atomic mass is 10.2. The van der Waals surface area contributed by atoms with Gasteiger partial charge in [-0.1, -0.05) is 12.1 Å². The molecule has 1 heterocycles. The van der Waals surface area contributed by atoms with Crippen molar-refractivity contribution in [2.24, 2.45) is 4.99 Å². The number of benzene rings is 2. The minimum atomic E-state index is -0.194. The SMILES string of the molecule is CCOc1cc(/C=C2/SC(=Nc3ccccc3I)NC2=O)cc(I)c1O. The van der Waals surface area contributed by atoms with Crippen LogP contribution in [-0.4, -0.2) is 22.8 Å². The molecular formula is C18H14I2N2O3S. The summed E-state index contributed by atoms with van der Waals surface area (Å²) in [4.78, 5) is 17.3. The van der Waals surface area contributed by atoms with Crippen LogP contribution in [0.4, 0.5) is 5.69 Å². The first kappa shape index (κ1) is 19.5. The van der Waals surface area contributed by atoms with Crippen LogP contribution in [0.3, 0.4) is 0 Å². The predicted octanol–water partition coefficient (Wildman–Crippen LogP) is 4.89. The number of nitrogens with zero attached hydrogens (tertiary/aromatic N) is 1. The Balaban J connectivity index is 1.89. The van der Waals surface area contributed by atoms with Crippen LogP contribution in [0.15, 0.2) is 46.3 Å². The second-order valence-electron chi connectivity index (χ2n) is 5.22. The van der Waals surface area contributed by atoms with Crippen LogP contribution in [-0.2, 0) is 4.79 Å². The van der Waals surface area contributed by atoms with E-state index in [0.29, 0.717) is 26.0 Å². The maximum absolute atomic E-state index is 12.3. The van der Waals surface area contributed by atoms with Crippen molar-refractivity contribution in [2.75, 3.05) is 6.61 Å². The first-order valence-corrected chi connectivity index (χ1v) is 10.6. The number of halogens is 2. The Morgan fingerprint density at radius 3 is 2.77 bits per heavy atom. The number of amides is 1. The van der Waals surface area contributed by atoms with Gasteiger partial charge in [-0.15, -0.1) is 0 Å². The van der Waals surface area contributed by atoms with Crippen molar-refractivity contribution >= 4 is 79.8 Å². The Morgan fingerprint density at radius 2 is 2.04 bits per heavy atom. The predicted molar refractivity (Wildman–Crippen MR) is 122 cm³/mol. The number of nitrogens with one attached hydrogen (secondary N) is 1. The van der Waals surface area contributed by atoms with E-state index in [4.69, 9.17) is 4.74 Å². The summed E-state index contributed by atoms with van der Waals surface area (Å²) in [5.74, 6) is 0.321. The molecule has 1 aliphatic heterocycles. The van der Waals surface area contributed by atoms with Crippen molar-refractivity contribution in [3.05, 3.63) is 54.0 Å². The van der Waals surface area contributed by atoms with Crippen LogP contribution in [0.5, 0.6) is 11.5 Å². The monoisotopic (exact) mass is 592 g/mol. The molecule has 0 atom stereocenters. The number of amidine groups is 1. The van der Waals surface area contributed by atoms with Crippen LogP contribution in [0.25, 0.3) is 6.08 Å². The number of carbonyl (C=O) groups excluding carboxylic acids is 1. The van der Waals surface area contributed by atoms with E-state index in [1.165, 1.54) is 11.8 Å². The Labute approximate surface area is 182 Å². The molecule has 8 heteroatoms. The summed E-state index contributed by atoms with van der Waals surface area (Å²) in [7, 11) is 0. The van der Waals surface area contributed by atoms with E-state index in [-0.39, 0.29) is 11.7 Å². The zero-order chi connectivity index (χ0) is 18.7. The maximum atomic E-state index is 12.3. The fourth-order valence-corrected chi connectivity index (χ4v) is 4.19. The highest BCUT2D eigenvalue weighted by Gasteiger charge is 2.24. The Bertz CT molecular complexity index is 929. The van der Waals surface area contributed by atoms with Crippen molar-refractivity contribution in [2.45, 2.75) is 6.92 Å². The standard InChI is InChI=1S/C18H14I2N2O3S/c1-2-25-14-8-10(7-12(20)16(14)23)9-15-17(24)22-18(26-15)21-13-6-4-3-5-11(13)19/h3-9,23H,2H2,1H3,(H,21,22,24)/b15-9+. The van der Waals surface area contributed by atoms with E-state index < -0.39 is 0 Å². The first-order chi connectivity index (χ1) is 12.5. The fourth-order valence-electron chi connectivity index (χ4n) is 2.23. The molecule has 3 rings (SSSR count). The van der Waals surface area contributed by atoms with Gasteiger partial charge in [-0.25, -0.2) is 4.99 Å². The second-order valence-corrected chi connectivity index (χ2v) is 8.57. The lowest BCUT2D eigenvalue weighted by Gasteiger charge is -2.08. The van der Waals surface area contributed by atoms with E-state index >= 15 is 0 Å². The summed E-state index contributed by atoms with van der Waals surface area (Å²) < 4.78 is 7.12. The van der Waals surface area contributed by atoms with Gasteiger partial charge in [-0.2, -0.15) is 0 Å². The summed E-state index contributed by atoms with van der Waals surface area (Å²) in [5, 5.41) is 13.4. The molecule has 2 aromatic rings. The van der Waals surface area contributed by atoms with Crippen LogP contribution >= 0.6 is 56.9 Å². The molecule has 1 saturated heterocycles. The van der Waals surface area contributed by atoms with E-state index in [1.54, 1.807) is 18.2 Å². The van der Waals surface area contributed by atoms with Gasteiger partial charge in [0.15, 0.2) is 16.7 Å². The molecule has 0 aromatic heterocycles. The Hall–Kier alpha value is -1.27. The highest BCUT2D eigenvalue weighted by Crippen LogP contribution is 2.35. The molecule has 0 bridgehead atoms. The van der Waals surface area contributed by atoms with Gasteiger partial charge in [0.2, 0.25) is 0 Å². The molecule has 0 spiro atoms. The minimum absolute atomic E-state index is 0.110. The van der Waals surface area contributed by atoms with Gasteiger partial charge < -0.3 is 15.2 Å². The van der Waals surface area contributed by atoms with Crippen LogP contribution < -0.4 is 10.1 Å². The molecule has 1 fully saturated rings. The van der Waals surface area contributed by atoms with Crippen molar-refractivity contribution in [1.82, 2.24) is 5.32 Å². The zero-order valence-electron chi connectivity index (χ0n) is 13.6. The third-order valence-electron chi connectivity index (χ3n) is 3.37. The lowest BCUT2D eigenvalue weighted by Crippen LogP contribution is -2.19. The molecule has 2 N–H and O–H groups in total. The third kappa shape index (κ3) is 4.52. The van der Waals surface area contributed by atoms with Gasteiger partial charge in [0, 0.05) is 3.57 Å². The average molecular weight is 592 g/mol. The highest BCUT2D eigenvalue weighted by molar-refractivity contribution is 14.1. The second kappa shape index (κ2) is 8.61. The number of aromatic hydroxyl groups is 1. The number of para-hydroxylation sites is 1. The number of ether oxygens (including phenoxy) is 1. The van der Waals surface area contributed by atoms with E-state index in [2.05, 4.69) is 32.9 Å². The third-order valence-corrected chi connectivity index (χ3v) is 6.02. The molecule has 1 amide bonds. The summed E-state index contributed by atoms with van der Waals surface area (Å²) in [6, 6.07) is 11.2. The Kier molecular flexibility index (Phi) is 6.46. The molecule has 134 valence electrons. The summed E-state index contributed by atoms with van der Waals surface area (Å²) in [6.07, 6.45) is 1.77. The number of phenols is 1. The minimum Gasteiger partial charge on any atom is -0.504 e. The first-order valence-electron chi connectivity index (χ1n) is 7.67. The van der Waals surface area contributed by atoms with Crippen molar-refractivity contribution in [1.29, 1.82) is 0 Å². The summed E-state index contributed by atoms with van der Waals surface area (Å²) in [6.45, 7) is 2.30. The largest absolute Gasteiger partial charge is 0.504 e. The molecule has 5 nitrogen and oxygen atoms in total. The number of hydrogen-bond acceptors (Lipinski definition) is 5. The Morgan fingerprint density at radius 1 is 1.27 bits per heavy atom. The molecule has 0 radical (unpaired) electrons. The van der Waals surface area contributed by atoms with Gasteiger partial charge in [-0.3, -0.25) is 4.79 Å². The normalized spacial score (nSPS) is 17.0. The molecule has 1 aliphatic rings. The van der Waals surface area contributed by atoms with Crippen LogP contribution in [0.1, 0.15) is 12.5 Å². The topological polar surface area (TPSA) is 70.9 Å². The number of phenolic OH excluding ortho intramolecular Hbond substituents is 1. The quantitative estimate of drug-likeness (QED) is 0.392. The average Bonchev–Trinajstić information content (AvgIpc) is 2.94. The smallest absolute Gasteiger partial charge is 0.264 e. The van der Waals surface area contributed by atoms with Gasteiger partial charge >= 0.3 is 0 Å². The molecular weight excluding hydrogens is 578 g/mol. The number of hydrogen-bond donors (Lipinski definition) is 2. The number of aliphatic imine (C=N–C) groups is 1. The van der Waals surface area contributed by atoms with Crippen molar-refractivity contribution < 1.29 is 14.6 Å². The van der Waals surface area contributed by atoms with E-state index in [9.17, 15) is 9.90 Å². The molecule has 2 aromatic carbocycles. The number of carbonyl (C=O) groups is 1. The van der Waals surface area contributed by atoms with Crippen molar-refractivity contribution in [3.8, 4) is 11.5 Å². The summed E-state index contributed by atoms with van der Waals surface area (Å²) in [5.41, 5.74) is 1.60. The van der Waals surface area contributed by atoms with E-state index in [1.807, 2.05) is 53.8 Å². The van der Waals surface area contributed by atoms with Crippen LogP contribution in [0, 0.1) is 7.14 Å². The van der Waals surface area contributed by atoms with Gasteiger partial charge in [-0.05, 0) is 99.8 Å². The molecule has 0 aliphatic carbocycles. The van der Waals surface area contributed by atoms with Gasteiger partial charge in [0.1, 0.15) is 0 Å². The number of thioether (sulfide) groups is 1. The fraction of sp³-hybridized carbons (Fsp3) is 0.111. The van der Waals surface area contributed by atoms with Crippen molar-refractivity contribution in [3.63, 3.8) is 0 Å². The zero-order valence-corrected chi connectivity index (χ0v) is 18.8. The van der Waals surface area contributed by atoms with Gasteiger partial charge in [0.05, 0.1) is 20.8 Å². The van der Waals surface area contributed by atoms with Gasteiger partial charge in [0.25, 0.3) is 5.91 Å². The highest BCUT2D eigenvalue weighted by atomic mass is 127. The summed E-state index contributed by atoms with van der Waals surface area (Å²) >= 11 is 5.54. The molecule has 0 unspecified atom stereocenters. The number of rotatable bonds is 4.